The maximum Gasteiger partial charge on any atom is 0.355 e. The number of methoxy groups -OCH3 is 1. The standard InChI is InChI=1S/C11H10INO2/c1-7-4-3-5-8-6-9(11(14)15-2)13(12)10(7)8/h3-6H,1-2H3. The smallest absolute Gasteiger partial charge is 0.355 e. The molecule has 0 bridgehead atoms. The molecule has 2 rings (SSSR count). The number of aromatic nitrogens is 1. The highest BCUT2D eigenvalue weighted by Crippen LogP contribution is 2.25. The summed E-state index contributed by atoms with van der Waals surface area (Å²) < 4.78 is 6.56. The van der Waals surface area contributed by atoms with E-state index in [9.17, 15) is 4.79 Å². The summed E-state index contributed by atoms with van der Waals surface area (Å²) in [6.07, 6.45) is 0. The van der Waals surface area contributed by atoms with Crippen LogP contribution in [-0.4, -0.2) is 15.9 Å². The molecular formula is C11H10INO2. The van der Waals surface area contributed by atoms with Gasteiger partial charge >= 0.3 is 5.97 Å². The average Bonchev–Trinajstić information content (AvgIpc) is 2.56. The number of esters is 1. The van der Waals surface area contributed by atoms with Crippen molar-refractivity contribution in [1.82, 2.24) is 2.78 Å². The summed E-state index contributed by atoms with van der Waals surface area (Å²) in [5, 5.41) is 1.06. The van der Waals surface area contributed by atoms with Crippen molar-refractivity contribution in [3.05, 3.63) is 35.5 Å². The third-order valence-electron chi connectivity index (χ3n) is 2.36. The van der Waals surface area contributed by atoms with E-state index in [0.717, 1.165) is 16.5 Å². The van der Waals surface area contributed by atoms with Crippen molar-refractivity contribution < 1.29 is 9.53 Å². The van der Waals surface area contributed by atoms with Gasteiger partial charge in [0.2, 0.25) is 0 Å². The number of ether oxygens (including phenoxy) is 1. The minimum Gasteiger partial charge on any atom is -0.464 e. The van der Waals surface area contributed by atoms with Crippen molar-refractivity contribution in [2.24, 2.45) is 0 Å². The van der Waals surface area contributed by atoms with E-state index in [1.165, 1.54) is 7.11 Å². The third kappa shape index (κ3) is 1.62. The van der Waals surface area contributed by atoms with Gasteiger partial charge in [-0.05, 0) is 18.6 Å². The predicted molar refractivity (Wildman–Crippen MR) is 67.4 cm³/mol. The van der Waals surface area contributed by atoms with Crippen LogP contribution in [0.1, 0.15) is 16.1 Å². The molecule has 15 heavy (non-hydrogen) atoms. The fourth-order valence-electron chi connectivity index (χ4n) is 1.63. The number of carbonyl (C=O) groups is 1. The lowest BCUT2D eigenvalue weighted by Crippen LogP contribution is -2.04. The predicted octanol–water partition coefficient (Wildman–Crippen LogP) is 2.93. The second kappa shape index (κ2) is 3.84. The van der Waals surface area contributed by atoms with Gasteiger partial charge in [0, 0.05) is 5.39 Å². The fraction of sp³-hybridized carbons (Fsp3) is 0.182. The number of aryl methyl sites for hydroxylation is 1. The Balaban J connectivity index is 2.75. The van der Waals surface area contributed by atoms with Gasteiger partial charge in [-0.1, -0.05) is 18.2 Å². The zero-order chi connectivity index (χ0) is 11.0. The second-order valence-electron chi connectivity index (χ2n) is 3.31. The minimum atomic E-state index is -0.306. The van der Waals surface area contributed by atoms with Crippen molar-refractivity contribution in [1.29, 1.82) is 0 Å². The summed E-state index contributed by atoms with van der Waals surface area (Å²) >= 11 is 2.11. The monoisotopic (exact) mass is 315 g/mol. The number of hydrogen-bond acceptors (Lipinski definition) is 2. The van der Waals surface area contributed by atoms with Crippen LogP contribution in [0.5, 0.6) is 0 Å². The number of nitrogens with zero attached hydrogens (tertiary/aromatic N) is 1. The van der Waals surface area contributed by atoms with Gasteiger partial charge in [0.25, 0.3) is 0 Å². The number of para-hydroxylation sites is 1. The van der Waals surface area contributed by atoms with Crippen molar-refractivity contribution >= 4 is 39.7 Å². The van der Waals surface area contributed by atoms with E-state index in [1.54, 1.807) is 0 Å². The van der Waals surface area contributed by atoms with Crippen LogP contribution in [0.2, 0.25) is 0 Å². The van der Waals surface area contributed by atoms with E-state index in [-0.39, 0.29) is 5.97 Å². The van der Waals surface area contributed by atoms with Crippen LogP contribution in [0, 0.1) is 6.92 Å². The summed E-state index contributed by atoms with van der Waals surface area (Å²) in [5.74, 6) is -0.306. The molecule has 0 amide bonds. The lowest BCUT2D eigenvalue weighted by Gasteiger charge is -2.01. The van der Waals surface area contributed by atoms with E-state index < -0.39 is 0 Å². The number of halogens is 1. The van der Waals surface area contributed by atoms with E-state index in [0.29, 0.717) is 5.69 Å². The fourth-order valence-corrected chi connectivity index (χ4v) is 2.63. The molecule has 78 valence electrons. The van der Waals surface area contributed by atoms with Crippen molar-refractivity contribution in [2.45, 2.75) is 6.92 Å². The molecule has 0 atom stereocenters. The molecule has 0 saturated carbocycles. The Morgan fingerprint density at radius 1 is 1.47 bits per heavy atom. The topological polar surface area (TPSA) is 31.2 Å². The molecule has 1 heterocycles. The first-order valence-corrected chi connectivity index (χ1v) is 5.47. The first-order chi connectivity index (χ1) is 7.15. The number of benzene rings is 1. The molecule has 0 aliphatic carbocycles. The van der Waals surface area contributed by atoms with Gasteiger partial charge in [0.15, 0.2) is 0 Å². The molecule has 1 aromatic carbocycles. The first kappa shape index (κ1) is 10.5. The van der Waals surface area contributed by atoms with Gasteiger partial charge in [-0.15, -0.1) is 0 Å². The van der Waals surface area contributed by atoms with Crippen LogP contribution in [-0.2, 0) is 4.74 Å². The second-order valence-corrected chi connectivity index (χ2v) is 4.28. The summed E-state index contributed by atoms with van der Waals surface area (Å²) in [4.78, 5) is 11.5. The van der Waals surface area contributed by atoms with Crippen LogP contribution in [0.4, 0.5) is 0 Å². The van der Waals surface area contributed by atoms with Crippen LogP contribution < -0.4 is 0 Å². The molecule has 4 heteroatoms. The van der Waals surface area contributed by atoms with E-state index in [1.807, 2.05) is 34.0 Å². The molecule has 0 radical (unpaired) electrons. The molecule has 2 aromatic rings. The van der Waals surface area contributed by atoms with Crippen LogP contribution in [0.3, 0.4) is 0 Å². The molecule has 0 N–H and O–H groups in total. The molecule has 0 saturated heterocycles. The first-order valence-electron chi connectivity index (χ1n) is 4.50. The maximum atomic E-state index is 11.5. The van der Waals surface area contributed by atoms with Gasteiger partial charge in [-0.25, -0.2) is 4.79 Å². The molecule has 0 unspecified atom stereocenters. The van der Waals surface area contributed by atoms with Gasteiger partial charge < -0.3 is 4.74 Å². The summed E-state index contributed by atoms with van der Waals surface area (Å²) in [7, 11) is 1.39. The number of hydrogen-bond donors (Lipinski definition) is 0. The Hall–Kier alpha value is -1.04. The molecule has 0 aliphatic heterocycles. The molecule has 0 spiro atoms. The van der Waals surface area contributed by atoms with E-state index >= 15 is 0 Å². The summed E-state index contributed by atoms with van der Waals surface area (Å²) in [5.41, 5.74) is 2.79. The maximum absolute atomic E-state index is 11.5. The molecule has 0 fully saturated rings. The van der Waals surface area contributed by atoms with Crippen molar-refractivity contribution in [3.8, 4) is 0 Å². The third-order valence-corrected chi connectivity index (χ3v) is 3.37. The van der Waals surface area contributed by atoms with Gasteiger partial charge in [0.1, 0.15) is 5.69 Å². The SMILES string of the molecule is COC(=O)c1cc2cccc(C)c2n1I. The van der Waals surface area contributed by atoms with Crippen LogP contribution in [0.15, 0.2) is 24.3 Å². The average molecular weight is 315 g/mol. The Kier molecular flexibility index (Phi) is 2.68. The molecule has 3 nitrogen and oxygen atoms in total. The Morgan fingerprint density at radius 3 is 2.80 bits per heavy atom. The highest BCUT2D eigenvalue weighted by Gasteiger charge is 2.15. The zero-order valence-electron chi connectivity index (χ0n) is 8.45. The summed E-state index contributed by atoms with van der Waals surface area (Å²) in [6.45, 7) is 2.03. The Bertz CT molecular complexity index is 531. The van der Waals surface area contributed by atoms with Crippen molar-refractivity contribution in [2.75, 3.05) is 7.11 Å². The lowest BCUT2D eigenvalue weighted by molar-refractivity contribution is 0.0594. The Labute approximate surface area is 102 Å². The van der Waals surface area contributed by atoms with E-state index in [2.05, 4.69) is 22.9 Å². The normalized spacial score (nSPS) is 10.6. The Morgan fingerprint density at radius 2 is 2.20 bits per heavy atom. The van der Waals surface area contributed by atoms with E-state index in [4.69, 9.17) is 4.74 Å². The number of carbonyl (C=O) groups excluding carboxylic acids is 1. The molecular weight excluding hydrogens is 305 g/mol. The van der Waals surface area contributed by atoms with Gasteiger partial charge in [0.05, 0.1) is 35.5 Å². The van der Waals surface area contributed by atoms with Gasteiger partial charge in [-0.3, -0.25) is 2.78 Å². The quantitative estimate of drug-likeness (QED) is 0.598. The van der Waals surface area contributed by atoms with Crippen LogP contribution in [0.25, 0.3) is 10.9 Å². The highest BCUT2D eigenvalue weighted by molar-refractivity contribution is 14.1. The zero-order valence-corrected chi connectivity index (χ0v) is 10.6. The minimum absolute atomic E-state index is 0.306. The summed E-state index contributed by atoms with van der Waals surface area (Å²) in [6, 6.07) is 7.85. The molecule has 0 aliphatic rings. The molecule has 1 aromatic heterocycles. The lowest BCUT2D eigenvalue weighted by atomic mass is 10.2. The largest absolute Gasteiger partial charge is 0.464 e. The number of fused-ring (bicyclic) bond motifs is 1. The van der Waals surface area contributed by atoms with Crippen molar-refractivity contribution in [3.63, 3.8) is 0 Å². The van der Waals surface area contributed by atoms with Gasteiger partial charge in [-0.2, -0.15) is 0 Å². The number of rotatable bonds is 1. The highest BCUT2D eigenvalue weighted by atomic mass is 127. The van der Waals surface area contributed by atoms with Crippen LogP contribution >= 0.6 is 22.9 Å².